The second-order valence-corrected chi connectivity index (χ2v) is 16.2. The highest BCUT2D eigenvalue weighted by Crippen LogP contribution is 2.44. The van der Waals surface area contributed by atoms with Crippen molar-refractivity contribution in [1.82, 2.24) is 29.2 Å². The molecular formula is C38H50ClFN6O2. The molecule has 3 aromatic rings. The van der Waals surface area contributed by atoms with Crippen molar-refractivity contribution in [3.05, 3.63) is 58.8 Å². The van der Waals surface area contributed by atoms with E-state index < -0.39 is 5.82 Å². The summed E-state index contributed by atoms with van der Waals surface area (Å²) in [7, 11) is 1.75. The molecule has 4 fully saturated rings. The lowest BCUT2D eigenvalue weighted by Gasteiger charge is -2.54. The van der Waals surface area contributed by atoms with Gasteiger partial charge in [-0.3, -0.25) is 24.4 Å². The SMILES string of the molecule is CC(=O)N1CC2CN([C@H]3C[C@H]([C@@H](C(C)C)N4CC(Cc5cn(-c6ccc(F)cc6C(=O)N(C)C(C)C)c6cncc(Cl)c56)C4)C3)C[C@H]2C1. The Bertz CT molecular complexity index is 1680. The molecule has 0 N–H and O–H groups in total. The van der Waals surface area contributed by atoms with E-state index in [2.05, 4.69) is 34.8 Å². The summed E-state index contributed by atoms with van der Waals surface area (Å²) < 4.78 is 16.5. The Kier molecular flexibility index (Phi) is 9.09. The van der Waals surface area contributed by atoms with Gasteiger partial charge in [-0.25, -0.2) is 4.39 Å². The molecule has 1 unspecified atom stereocenters. The molecule has 3 aliphatic heterocycles. The summed E-state index contributed by atoms with van der Waals surface area (Å²) in [6.07, 6.45) is 8.99. The monoisotopic (exact) mass is 676 g/mol. The zero-order valence-corrected chi connectivity index (χ0v) is 30.0. The van der Waals surface area contributed by atoms with Crippen LogP contribution in [-0.2, 0) is 11.2 Å². The maximum Gasteiger partial charge on any atom is 0.256 e. The third-order valence-corrected chi connectivity index (χ3v) is 12.3. The first kappa shape index (κ1) is 33.5. The Labute approximate surface area is 289 Å². The minimum absolute atomic E-state index is 0.0243. The van der Waals surface area contributed by atoms with E-state index in [9.17, 15) is 14.0 Å². The standard InChI is InChI=1S/C38H50ClFN6O2/c1-22(2)37(26-10-31(11-26)44-19-28-17-43(24(5)47)18-29(28)20-44)45-15-25(16-45)9-27-21-46(35-14-41-13-33(39)36(27)35)34-8-7-30(40)12-32(34)38(48)42(6)23(3)4/h7-8,12-14,21-23,25-26,28-29,31,37H,9-11,15-20H2,1-6H3/t26-,28-,29?,31-,37-/m1/s1. The normalized spacial score (nSPS) is 25.5. The summed E-state index contributed by atoms with van der Waals surface area (Å²) in [6.45, 7) is 16.7. The van der Waals surface area contributed by atoms with E-state index >= 15 is 0 Å². The number of hydrogen-bond acceptors (Lipinski definition) is 5. The van der Waals surface area contributed by atoms with Crippen molar-refractivity contribution >= 4 is 34.3 Å². The van der Waals surface area contributed by atoms with Gasteiger partial charge in [-0.15, -0.1) is 0 Å². The third-order valence-electron chi connectivity index (χ3n) is 12.0. The van der Waals surface area contributed by atoms with E-state index in [1.807, 2.05) is 23.3 Å². The molecule has 1 aliphatic carbocycles. The summed E-state index contributed by atoms with van der Waals surface area (Å²) in [5.74, 6) is 2.69. The predicted molar refractivity (Wildman–Crippen MR) is 188 cm³/mol. The van der Waals surface area contributed by atoms with E-state index in [-0.39, 0.29) is 17.9 Å². The highest BCUT2D eigenvalue weighted by atomic mass is 35.5. The molecule has 0 bridgehead atoms. The molecule has 3 atom stereocenters. The number of amides is 2. The molecule has 5 heterocycles. The zero-order valence-electron chi connectivity index (χ0n) is 29.2. The van der Waals surface area contributed by atoms with Crippen LogP contribution in [0.1, 0.15) is 63.4 Å². The summed E-state index contributed by atoms with van der Waals surface area (Å²) in [5, 5.41) is 1.54. The fourth-order valence-corrected chi connectivity index (χ4v) is 9.51. The maximum atomic E-state index is 14.5. The van der Waals surface area contributed by atoms with Crippen LogP contribution < -0.4 is 0 Å². The second kappa shape index (κ2) is 13.0. The van der Waals surface area contributed by atoms with Crippen molar-refractivity contribution in [3.8, 4) is 5.69 Å². The molecule has 1 aromatic carbocycles. The number of rotatable bonds is 9. The van der Waals surface area contributed by atoms with Crippen molar-refractivity contribution in [2.24, 2.45) is 29.6 Å². The molecular weight excluding hydrogens is 627 g/mol. The van der Waals surface area contributed by atoms with Crippen molar-refractivity contribution < 1.29 is 14.0 Å². The fourth-order valence-electron chi connectivity index (χ4n) is 9.23. The summed E-state index contributed by atoms with van der Waals surface area (Å²) >= 11 is 6.79. The van der Waals surface area contributed by atoms with Gasteiger partial charge in [0.25, 0.3) is 5.91 Å². The third kappa shape index (κ3) is 6.04. The van der Waals surface area contributed by atoms with Crippen molar-refractivity contribution in [2.45, 2.75) is 72.0 Å². The fraction of sp³-hybridized carbons (Fsp3) is 0.605. The van der Waals surface area contributed by atoms with Gasteiger partial charge >= 0.3 is 0 Å². The number of carbonyl (C=O) groups is 2. The van der Waals surface area contributed by atoms with Crippen LogP contribution in [0.15, 0.2) is 36.8 Å². The Morgan fingerprint density at radius 3 is 2.33 bits per heavy atom. The van der Waals surface area contributed by atoms with Crippen molar-refractivity contribution in [3.63, 3.8) is 0 Å². The average Bonchev–Trinajstić information content (AvgIpc) is 3.68. The largest absolute Gasteiger partial charge is 0.342 e. The molecule has 10 heteroatoms. The van der Waals surface area contributed by atoms with Crippen LogP contribution in [0.4, 0.5) is 4.39 Å². The molecule has 8 nitrogen and oxygen atoms in total. The first-order chi connectivity index (χ1) is 22.9. The Morgan fingerprint density at radius 1 is 1.02 bits per heavy atom. The molecule has 4 aliphatic rings. The van der Waals surface area contributed by atoms with Gasteiger partial charge < -0.3 is 14.4 Å². The summed E-state index contributed by atoms with van der Waals surface area (Å²) in [5.41, 5.74) is 2.90. The number of halogens is 2. The molecule has 2 aromatic heterocycles. The van der Waals surface area contributed by atoms with E-state index in [1.165, 1.54) is 25.0 Å². The Morgan fingerprint density at radius 2 is 1.71 bits per heavy atom. The minimum Gasteiger partial charge on any atom is -0.342 e. The van der Waals surface area contributed by atoms with Crippen LogP contribution in [0.3, 0.4) is 0 Å². The summed E-state index contributed by atoms with van der Waals surface area (Å²) in [4.78, 5) is 38.8. The molecule has 2 amide bonds. The van der Waals surface area contributed by atoms with Crippen LogP contribution in [0.25, 0.3) is 16.6 Å². The molecule has 7 rings (SSSR count). The number of pyridine rings is 1. The van der Waals surface area contributed by atoms with E-state index in [4.69, 9.17) is 11.6 Å². The van der Waals surface area contributed by atoms with Gasteiger partial charge in [0.05, 0.1) is 28.0 Å². The van der Waals surface area contributed by atoms with Crippen LogP contribution in [0.5, 0.6) is 0 Å². The quantitative estimate of drug-likeness (QED) is 0.279. The average molecular weight is 677 g/mol. The molecule has 258 valence electrons. The lowest BCUT2D eigenvalue weighted by atomic mass is 9.70. The van der Waals surface area contributed by atoms with Crippen molar-refractivity contribution in [2.75, 3.05) is 46.3 Å². The van der Waals surface area contributed by atoms with E-state index in [0.717, 1.165) is 68.1 Å². The first-order valence-electron chi connectivity index (χ1n) is 17.8. The minimum atomic E-state index is -0.442. The van der Waals surface area contributed by atoms with Crippen LogP contribution in [0.2, 0.25) is 5.02 Å². The first-order valence-corrected chi connectivity index (χ1v) is 18.2. The molecule has 48 heavy (non-hydrogen) atoms. The predicted octanol–water partition coefficient (Wildman–Crippen LogP) is 5.99. The van der Waals surface area contributed by atoms with Gasteiger partial charge in [0, 0.05) is 89.1 Å². The van der Waals surface area contributed by atoms with Gasteiger partial charge in [0.2, 0.25) is 5.91 Å². The van der Waals surface area contributed by atoms with Gasteiger partial charge in [0.1, 0.15) is 5.82 Å². The number of carbonyl (C=O) groups excluding carboxylic acids is 2. The number of nitrogens with zero attached hydrogens (tertiary/aromatic N) is 6. The van der Waals surface area contributed by atoms with Gasteiger partial charge in [-0.2, -0.15) is 0 Å². The highest BCUT2D eigenvalue weighted by Gasteiger charge is 2.49. The van der Waals surface area contributed by atoms with Crippen LogP contribution >= 0.6 is 11.6 Å². The van der Waals surface area contributed by atoms with Crippen LogP contribution in [0, 0.1) is 35.4 Å². The number of aromatic nitrogens is 2. The maximum absolute atomic E-state index is 14.5. The topological polar surface area (TPSA) is 64.9 Å². The summed E-state index contributed by atoms with van der Waals surface area (Å²) in [6, 6.07) is 5.67. The second-order valence-electron chi connectivity index (χ2n) is 15.8. The van der Waals surface area contributed by atoms with E-state index in [0.29, 0.717) is 52.0 Å². The number of likely N-dealkylation sites (tertiary alicyclic amines) is 3. The highest BCUT2D eigenvalue weighted by molar-refractivity contribution is 6.35. The molecule has 0 radical (unpaired) electrons. The number of fused-ring (bicyclic) bond motifs is 2. The van der Waals surface area contributed by atoms with E-state index in [1.54, 1.807) is 37.3 Å². The number of hydrogen-bond donors (Lipinski definition) is 0. The molecule has 1 saturated carbocycles. The Hall–Kier alpha value is -3.01. The lowest BCUT2D eigenvalue weighted by molar-refractivity contribution is -0.128. The van der Waals surface area contributed by atoms with Gasteiger partial charge in [0.15, 0.2) is 0 Å². The van der Waals surface area contributed by atoms with Crippen molar-refractivity contribution in [1.29, 1.82) is 0 Å². The van der Waals surface area contributed by atoms with Crippen LogP contribution in [-0.4, -0.2) is 105 Å². The van der Waals surface area contributed by atoms with Gasteiger partial charge in [-0.1, -0.05) is 25.4 Å². The smallest absolute Gasteiger partial charge is 0.256 e. The zero-order chi connectivity index (χ0) is 34.0. The van der Waals surface area contributed by atoms with Gasteiger partial charge in [-0.05, 0) is 86.5 Å². The number of benzene rings is 1. The Balaban J connectivity index is 1.03. The molecule has 0 spiro atoms. The lowest BCUT2D eigenvalue weighted by Crippen LogP contribution is -2.60. The molecule has 3 saturated heterocycles.